The highest BCUT2D eigenvalue weighted by Crippen LogP contribution is 2.28. The number of hydrogen-bond acceptors (Lipinski definition) is 4. The van der Waals surface area contributed by atoms with Gasteiger partial charge < -0.3 is 9.88 Å². The van der Waals surface area contributed by atoms with Crippen LogP contribution in [0, 0.1) is 0 Å². The standard InChI is InChI=1S/C15H16N4O3S/c20-15-4-1-11-7-13(2-3-14(11)17-15)23(21,22)19-6-5-18-10-16-8-12(18)9-19/h2-3,7-8,10H,1,4-6,9H2,(H,17,20). The van der Waals surface area contributed by atoms with Gasteiger partial charge in [0.25, 0.3) is 0 Å². The molecule has 1 aromatic heterocycles. The Balaban J connectivity index is 1.66. The van der Waals surface area contributed by atoms with Crippen LogP contribution in [0.3, 0.4) is 0 Å². The number of imidazole rings is 1. The molecule has 0 saturated heterocycles. The van der Waals surface area contributed by atoms with Crippen molar-refractivity contribution in [2.75, 3.05) is 11.9 Å². The SMILES string of the molecule is O=C1CCc2cc(S(=O)(=O)N3CCn4cncc4C3)ccc2N1. The second-order valence-corrected chi connectivity index (χ2v) is 7.72. The molecule has 0 atom stereocenters. The van der Waals surface area contributed by atoms with E-state index in [1.807, 2.05) is 4.57 Å². The van der Waals surface area contributed by atoms with Crippen LogP contribution in [-0.2, 0) is 34.3 Å². The fourth-order valence-electron chi connectivity index (χ4n) is 3.03. The molecule has 0 spiro atoms. The van der Waals surface area contributed by atoms with Gasteiger partial charge >= 0.3 is 0 Å². The Kier molecular flexibility index (Phi) is 3.24. The van der Waals surface area contributed by atoms with Crippen molar-refractivity contribution < 1.29 is 13.2 Å². The quantitative estimate of drug-likeness (QED) is 0.888. The maximum absolute atomic E-state index is 12.9. The van der Waals surface area contributed by atoms with E-state index in [-0.39, 0.29) is 10.8 Å². The number of fused-ring (bicyclic) bond motifs is 2. The summed E-state index contributed by atoms with van der Waals surface area (Å²) in [5.41, 5.74) is 2.47. The largest absolute Gasteiger partial charge is 0.332 e. The highest BCUT2D eigenvalue weighted by Gasteiger charge is 2.29. The number of aromatic nitrogens is 2. The fourth-order valence-corrected chi connectivity index (χ4v) is 4.49. The third-order valence-corrected chi connectivity index (χ3v) is 6.18. The van der Waals surface area contributed by atoms with Crippen molar-refractivity contribution in [2.24, 2.45) is 0 Å². The van der Waals surface area contributed by atoms with Crippen LogP contribution < -0.4 is 5.32 Å². The summed E-state index contributed by atoms with van der Waals surface area (Å²) in [6, 6.07) is 4.91. The number of sulfonamides is 1. The Morgan fingerprint density at radius 3 is 2.91 bits per heavy atom. The van der Waals surface area contributed by atoms with Crippen molar-refractivity contribution in [3.05, 3.63) is 42.0 Å². The van der Waals surface area contributed by atoms with E-state index in [2.05, 4.69) is 10.3 Å². The summed E-state index contributed by atoms with van der Waals surface area (Å²) in [4.78, 5) is 15.7. The predicted molar refractivity (Wildman–Crippen MR) is 83.2 cm³/mol. The maximum Gasteiger partial charge on any atom is 0.243 e. The first-order valence-corrected chi connectivity index (χ1v) is 8.90. The topological polar surface area (TPSA) is 84.3 Å². The first-order valence-electron chi connectivity index (χ1n) is 7.46. The number of nitrogens with one attached hydrogen (secondary N) is 1. The molecule has 23 heavy (non-hydrogen) atoms. The lowest BCUT2D eigenvalue weighted by atomic mass is 10.0. The van der Waals surface area contributed by atoms with Gasteiger partial charge in [0.2, 0.25) is 15.9 Å². The van der Waals surface area contributed by atoms with Gasteiger partial charge in [0, 0.05) is 31.4 Å². The average Bonchev–Trinajstić information content (AvgIpc) is 3.01. The number of amides is 1. The Labute approximate surface area is 134 Å². The summed E-state index contributed by atoms with van der Waals surface area (Å²) in [6.07, 6.45) is 4.38. The highest BCUT2D eigenvalue weighted by atomic mass is 32.2. The summed E-state index contributed by atoms with van der Waals surface area (Å²) in [5, 5.41) is 2.77. The number of aryl methyl sites for hydroxylation is 1. The zero-order valence-corrected chi connectivity index (χ0v) is 13.2. The number of anilines is 1. The number of rotatable bonds is 2. The smallest absolute Gasteiger partial charge is 0.243 e. The summed E-state index contributed by atoms with van der Waals surface area (Å²) >= 11 is 0. The summed E-state index contributed by atoms with van der Waals surface area (Å²) in [5.74, 6) is -0.0302. The number of carbonyl (C=O) groups excluding carboxylic acids is 1. The molecule has 1 aromatic carbocycles. The van der Waals surface area contributed by atoms with Gasteiger partial charge in [-0.3, -0.25) is 4.79 Å². The third-order valence-electron chi connectivity index (χ3n) is 4.34. The Morgan fingerprint density at radius 1 is 1.17 bits per heavy atom. The van der Waals surface area contributed by atoms with E-state index >= 15 is 0 Å². The molecule has 8 heteroatoms. The Bertz CT molecular complexity index is 888. The summed E-state index contributed by atoms with van der Waals surface area (Å²) in [7, 11) is -3.55. The van der Waals surface area contributed by atoms with E-state index in [1.54, 1.807) is 30.7 Å². The van der Waals surface area contributed by atoms with Gasteiger partial charge in [-0.15, -0.1) is 0 Å². The highest BCUT2D eigenvalue weighted by molar-refractivity contribution is 7.89. The second kappa shape index (κ2) is 5.17. The average molecular weight is 332 g/mol. The van der Waals surface area contributed by atoms with Gasteiger partial charge in [0.15, 0.2) is 0 Å². The van der Waals surface area contributed by atoms with E-state index in [1.165, 1.54) is 4.31 Å². The molecular weight excluding hydrogens is 316 g/mol. The molecule has 4 rings (SSSR count). The van der Waals surface area contributed by atoms with Crippen molar-refractivity contribution in [3.63, 3.8) is 0 Å². The van der Waals surface area contributed by atoms with Gasteiger partial charge in [-0.1, -0.05) is 0 Å². The van der Waals surface area contributed by atoms with Crippen LogP contribution in [0.15, 0.2) is 35.6 Å². The van der Waals surface area contributed by atoms with Crippen molar-refractivity contribution in [1.82, 2.24) is 13.9 Å². The van der Waals surface area contributed by atoms with Gasteiger partial charge in [-0.2, -0.15) is 4.31 Å². The number of nitrogens with zero attached hydrogens (tertiary/aromatic N) is 3. The van der Waals surface area contributed by atoms with Crippen LogP contribution in [0.1, 0.15) is 17.7 Å². The summed E-state index contributed by atoms with van der Waals surface area (Å²) < 4.78 is 29.2. The third kappa shape index (κ3) is 2.43. The van der Waals surface area contributed by atoms with Crippen LogP contribution >= 0.6 is 0 Å². The number of carbonyl (C=O) groups is 1. The van der Waals surface area contributed by atoms with Crippen molar-refractivity contribution >= 4 is 21.6 Å². The van der Waals surface area contributed by atoms with Gasteiger partial charge in [-0.25, -0.2) is 13.4 Å². The lowest BCUT2D eigenvalue weighted by Crippen LogP contribution is -2.38. The minimum Gasteiger partial charge on any atom is -0.332 e. The van der Waals surface area contributed by atoms with E-state index in [0.29, 0.717) is 38.2 Å². The molecule has 2 aromatic rings. The molecule has 2 aliphatic rings. The minimum absolute atomic E-state index is 0.0302. The molecule has 120 valence electrons. The fraction of sp³-hybridized carbons (Fsp3) is 0.333. The molecule has 0 fully saturated rings. The first kappa shape index (κ1) is 14.4. The van der Waals surface area contributed by atoms with Crippen LogP contribution in [-0.4, -0.2) is 34.7 Å². The van der Waals surface area contributed by atoms with Crippen LogP contribution in [0.4, 0.5) is 5.69 Å². The second-order valence-electron chi connectivity index (χ2n) is 5.78. The lowest BCUT2D eigenvalue weighted by Gasteiger charge is -2.28. The molecule has 1 N–H and O–H groups in total. The normalized spacial score (nSPS) is 18.2. The maximum atomic E-state index is 12.9. The molecule has 2 aliphatic heterocycles. The van der Waals surface area contributed by atoms with Crippen molar-refractivity contribution in [1.29, 1.82) is 0 Å². The predicted octanol–water partition coefficient (Wildman–Crippen LogP) is 0.972. The number of benzene rings is 1. The van der Waals surface area contributed by atoms with Crippen LogP contribution in [0.5, 0.6) is 0 Å². The zero-order valence-electron chi connectivity index (χ0n) is 12.4. The Hall–Kier alpha value is -2.19. The molecule has 3 heterocycles. The molecular formula is C15H16N4O3S. The molecule has 0 radical (unpaired) electrons. The summed E-state index contributed by atoms with van der Waals surface area (Å²) in [6.45, 7) is 1.37. The Morgan fingerprint density at radius 2 is 2.04 bits per heavy atom. The van der Waals surface area contributed by atoms with E-state index in [4.69, 9.17) is 0 Å². The minimum atomic E-state index is -3.55. The molecule has 0 saturated carbocycles. The molecule has 0 aliphatic carbocycles. The van der Waals surface area contributed by atoms with Crippen LogP contribution in [0.25, 0.3) is 0 Å². The van der Waals surface area contributed by atoms with E-state index in [9.17, 15) is 13.2 Å². The van der Waals surface area contributed by atoms with Gasteiger partial charge in [0.05, 0.1) is 23.5 Å². The molecule has 0 bridgehead atoms. The van der Waals surface area contributed by atoms with Crippen molar-refractivity contribution in [3.8, 4) is 0 Å². The van der Waals surface area contributed by atoms with Gasteiger partial charge in [-0.05, 0) is 30.2 Å². The van der Waals surface area contributed by atoms with Crippen molar-refractivity contribution in [2.45, 2.75) is 30.8 Å². The lowest BCUT2D eigenvalue weighted by molar-refractivity contribution is -0.116. The van der Waals surface area contributed by atoms with Crippen LogP contribution in [0.2, 0.25) is 0 Å². The molecule has 1 amide bonds. The first-order chi connectivity index (χ1) is 11.0. The zero-order chi connectivity index (χ0) is 16.0. The van der Waals surface area contributed by atoms with E-state index in [0.717, 1.165) is 11.3 Å². The molecule has 7 nitrogen and oxygen atoms in total. The monoisotopic (exact) mass is 332 g/mol. The molecule has 0 unspecified atom stereocenters. The number of hydrogen-bond donors (Lipinski definition) is 1. The van der Waals surface area contributed by atoms with E-state index < -0.39 is 10.0 Å². The van der Waals surface area contributed by atoms with Gasteiger partial charge in [0.1, 0.15) is 0 Å².